The summed E-state index contributed by atoms with van der Waals surface area (Å²) in [4.78, 5) is 12.1. The highest BCUT2D eigenvalue weighted by molar-refractivity contribution is 6.31. The second kappa shape index (κ2) is 7.30. The van der Waals surface area contributed by atoms with Gasteiger partial charge in [0.1, 0.15) is 0 Å². The predicted octanol–water partition coefficient (Wildman–Crippen LogP) is 5.31. The van der Waals surface area contributed by atoms with Crippen LogP contribution in [-0.4, -0.2) is 23.9 Å². The van der Waals surface area contributed by atoms with E-state index in [1.165, 1.54) is 42.6 Å². The number of rotatable bonds is 4. The van der Waals surface area contributed by atoms with E-state index in [0.29, 0.717) is 0 Å². The zero-order valence-corrected chi connectivity index (χ0v) is 14.4. The van der Waals surface area contributed by atoms with Gasteiger partial charge in [-0.25, -0.2) is 0 Å². The molecule has 2 aromatic rings. The summed E-state index contributed by atoms with van der Waals surface area (Å²) in [5.74, 6) is -1.54. The van der Waals surface area contributed by atoms with Gasteiger partial charge >= 0.3 is 18.0 Å². The summed E-state index contributed by atoms with van der Waals surface area (Å²) < 4.78 is 81.8. The van der Waals surface area contributed by atoms with Crippen molar-refractivity contribution in [3.8, 4) is 0 Å². The van der Waals surface area contributed by atoms with Crippen LogP contribution in [0.15, 0.2) is 48.5 Å². The molecule has 0 radical (unpaired) electrons. The fourth-order valence-electron chi connectivity index (χ4n) is 2.25. The van der Waals surface area contributed by atoms with Crippen LogP contribution in [0.5, 0.6) is 0 Å². The lowest BCUT2D eigenvalue weighted by molar-refractivity contribution is -0.294. The molecular formula is C17H13ClF6N2O. The van der Waals surface area contributed by atoms with Crippen molar-refractivity contribution in [1.82, 2.24) is 5.32 Å². The zero-order chi connectivity index (χ0) is 20.5. The Morgan fingerprint density at radius 2 is 1.44 bits per heavy atom. The molecule has 0 unspecified atom stereocenters. The molecule has 0 fully saturated rings. The van der Waals surface area contributed by atoms with Gasteiger partial charge in [-0.1, -0.05) is 35.9 Å². The van der Waals surface area contributed by atoms with E-state index >= 15 is 0 Å². The molecule has 0 aliphatic carbocycles. The SMILES string of the molecule is Cc1c(Cl)cccc1NC(NC(=O)c1ccccc1)(C(F)(F)F)C(F)(F)F. The number of hydrogen-bond donors (Lipinski definition) is 2. The third-order valence-corrected chi connectivity index (χ3v) is 4.19. The minimum Gasteiger partial charge on any atom is -0.347 e. The second-order valence-electron chi connectivity index (χ2n) is 5.60. The molecule has 2 aromatic carbocycles. The van der Waals surface area contributed by atoms with E-state index in [0.717, 1.165) is 23.5 Å². The summed E-state index contributed by atoms with van der Waals surface area (Å²) in [6, 6.07) is 9.78. The van der Waals surface area contributed by atoms with Crippen molar-refractivity contribution >= 4 is 23.2 Å². The Morgan fingerprint density at radius 1 is 0.889 bits per heavy atom. The van der Waals surface area contributed by atoms with E-state index in [1.807, 2.05) is 0 Å². The van der Waals surface area contributed by atoms with Crippen molar-refractivity contribution in [2.75, 3.05) is 5.32 Å². The smallest absolute Gasteiger partial charge is 0.347 e. The number of amides is 1. The van der Waals surface area contributed by atoms with Gasteiger partial charge in [0.2, 0.25) is 0 Å². The van der Waals surface area contributed by atoms with Crippen molar-refractivity contribution in [3.05, 3.63) is 64.7 Å². The normalized spacial score (nSPS) is 12.6. The van der Waals surface area contributed by atoms with E-state index in [4.69, 9.17) is 11.6 Å². The highest BCUT2D eigenvalue weighted by atomic mass is 35.5. The van der Waals surface area contributed by atoms with Crippen LogP contribution in [-0.2, 0) is 0 Å². The molecule has 146 valence electrons. The summed E-state index contributed by atoms with van der Waals surface area (Å²) in [6.07, 6.45) is -11.8. The molecule has 10 heteroatoms. The Bertz CT molecular complexity index is 806. The van der Waals surface area contributed by atoms with Crippen molar-refractivity contribution in [3.63, 3.8) is 0 Å². The monoisotopic (exact) mass is 410 g/mol. The van der Waals surface area contributed by atoms with Gasteiger partial charge in [-0.3, -0.25) is 4.79 Å². The molecule has 0 aromatic heterocycles. The van der Waals surface area contributed by atoms with Crippen LogP contribution in [0.3, 0.4) is 0 Å². The minimum absolute atomic E-state index is 0.0346. The van der Waals surface area contributed by atoms with E-state index in [-0.39, 0.29) is 16.1 Å². The lowest BCUT2D eigenvalue weighted by atomic mass is 10.1. The molecule has 0 saturated heterocycles. The number of alkyl halides is 6. The third-order valence-electron chi connectivity index (χ3n) is 3.78. The fraction of sp³-hybridized carbons (Fsp3) is 0.235. The molecule has 0 heterocycles. The summed E-state index contributed by atoms with van der Waals surface area (Å²) in [7, 11) is 0. The molecule has 0 saturated carbocycles. The van der Waals surface area contributed by atoms with Crippen molar-refractivity contribution in [1.29, 1.82) is 0 Å². The molecule has 0 bridgehead atoms. The maximum absolute atomic E-state index is 13.6. The predicted molar refractivity (Wildman–Crippen MR) is 88.6 cm³/mol. The van der Waals surface area contributed by atoms with Crippen molar-refractivity contribution < 1.29 is 31.1 Å². The van der Waals surface area contributed by atoms with Crippen LogP contribution in [0.1, 0.15) is 15.9 Å². The lowest BCUT2D eigenvalue weighted by Gasteiger charge is -2.39. The number of hydrogen-bond acceptors (Lipinski definition) is 2. The molecule has 27 heavy (non-hydrogen) atoms. The summed E-state index contributed by atoms with van der Waals surface area (Å²) in [6.45, 7) is 1.25. The van der Waals surface area contributed by atoms with E-state index in [2.05, 4.69) is 0 Å². The molecule has 0 atom stereocenters. The maximum Gasteiger partial charge on any atom is 0.439 e. The number of anilines is 1. The molecule has 2 N–H and O–H groups in total. The van der Waals surface area contributed by atoms with Crippen LogP contribution in [0.2, 0.25) is 5.02 Å². The first-order valence-corrected chi connectivity index (χ1v) is 7.81. The topological polar surface area (TPSA) is 41.1 Å². The summed E-state index contributed by atoms with van der Waals surface area (Å²) in [5, 5.41) is 2.46. The Kier molecular flexibility index (Phi) is 5.65. The first-order valence-electron chi connectivity index (χ1n) is 7.43. The number of carbonyl (C=O) groups is 1. The molecule has 0 aliphatic rings. The van der Waals surface area contributed by atoms with Gasteiger partial charge in [-0.2, -0.15) is 26.3 Å². The lowest BCUT2D eigenvalue weighted by Crippen LogP contribution is -2.72. The van der Waals surface area contributed by atoms with E-state index < -0.39 is 29.6 Å². The zero-order valence-electron chi connectivity index (χ0n) is 13.7. The Hall–Kier alpha value is -2.42. The van der Waals surface area contributed by atoms with Gasteiger partial charge in [0.25, 0.3) is 5.91 Å². The number of carbonyl (C=O) groups excluding carboxylic acids is 1. The number of nitrogens with one attached hydrogen (secondary N) is 2. The van der Waals surface area contributed by atoms with Gasteiger partial charge in [-0.05, 0) is 36.8 Å². The number of benzene rings is 2. The quantitative estimate of drug-likeness (QED) is 0.529. The summed E-state index contributed by atoms with van der Waals surface area (Å²) >= 11 is 5.78. The van der Waals surface area contributed by atoms with Gasteiger partial charge in [0, 0.05) is 16.3 Å². The number of halogens is 7. The average molecular weight is 411 g/mol. The highest BCUT2D eigenvalue weighted by Gasteiger charge is 2.72. The van der Waals surface area contributed by atoms with Gasteiger partial charge < -0.3 is 10.6 Å². The molecular weight excluding hydrogens is 398 g/mol. The first kappa shape index (κ1) is 20.9. The van der Waals surface area contributed by atoms with Crippen LogP contribution >= 0.6 is 11.6 Å². The second-order valence-corrected chi connectivity index (χ2v) is 6.01. The fourth-order valence-corrected chi connectivity index (χ4v) is 2.43. The largest absolute Gasteiger partial charge is 0.439 e. The van der Waals surface area contributed by atoms with Crippen molar-refractivity contribution in [2.24, 2.45) is 0 Å². The standard InChI is InChI=1S/C17H13ClF6N2O/c1-10-12(18)8-5-9-13(10)25-15(16(19,20)21,17(22,23)24)26-14(27)11-6-3-2-4-7-11/h2-9,25H,1H3,(H,26,27). The third kappa shape index (κ3) is 4.13. The Morgan fingerprint density at radius 3 is 1.96 bits per heavy atom. The van der Waals surface area contributed by atoms with Crippen LogP contribution < -0.4 is 10.6 Å². The van der Waals surface area contributed by atoms with E-state index in [1.54, 1.807) is 0 Å². The Balaban J connectivity index is 2.57. The van der Waals surface area contributed by atoms with Crippen LogP contribution in [0.25, 0.3) is 0 Å². The molecule has 3 nitrogen and oxygen atoms in total. The molecule has 0 spiro atoms. The minimum atomic E-state index is -5.91. The molecule has 0 aliphatic heterocycles. The highest BCUT2D eigenvalue weighted by Crippen LogP contribution is 2.44. The van der Waals surface area contributed by atoms with E-state index in [9.17, 15) is 31.1 Å². The van der Waals surface area contributed by atoms with Gasteiger partial charge in [0.15, 0.2) is 0 Å². The molecule has 2 rings (SSSR count). The van der Waals surface area contributed by atoms with Gasteiger partial charge in [0.05, 0.1) is 0 Å². The van der Waals surface area contributed by atoms with Crippen LogP contribution in [0, 0.1) is 6.92 Å². The molecule has 1 amide bonds. The van der Waals surface area contributed by atoms with Crippen LogP contribution in [0.4, 0.5) is 32.0 Å². The maximum atomic E-state index is 13.6. The average Bonchev–Trinajstić information content (AvgIpc) is 2.56. The van der Waals surface area contributed by atoms with Gasteiger partial charge in [-0.15, -0.1) is 0 Å². The Labute approximate surface area is 155 Å². The first-order chi connectivity index (χ1) is 12.4. The summed E-state index contributed by atoms with van der Waals surface area (Å²) in [5.41, 5.74) is -5.64. The van der Waals surface area contributed by atoms with Crippen molar-refractivity contribution in [2.45, 2.75) is 24.9 Å².